The summed E-state index contributed by atoms with van der Waals surface area (Å²) in [6.45, 7) is 5.30. The minimum atomic E-state index is -0.345. The molecule has 2 rings (SSSR count). The lowest BCUT2D eigenvalue weighted by Gasteiger charge is -2.30. The Morgan fingerprint density at radius 1 is 1.30 bits per heavy atom. The van der Waals surface area contributed by atoms with Gasteiger partial charge in [0.15, 0.2) is 0 Å². The molecule has 0 aromatic carbocycles. The van der Waals surface area contributed by atoms with Gasteiger partial charge in [0.2, 0.25) is 5.91 Å². The van der Waals surface area contributed by atoms with Crippen LogP contribution in [0.3, 0.4) is 0 Å². The third kappa shape index (κ3) is 6.67. The van der Waals surface area contributed by atoms with Crippen LogP contribution in [0.25, 0.3) is 0 Å². The van der Waals surface area contributed by atoms with Gasteiger partial charge >= 0.3 is 0 Å². The zero-order valence-corrected chi connectivity index (χ0v) is 15.8. The van der Waals surface area contributed by atoms with Crippen molar-refractivity contribution in [3.8, 4) is 0 Å². The second-order valence-electron chi connectivity index (χ2n) is 5.94. The van der Waals surface area contributed by atoms with Crippen LogP contribution >= 0.6 is 24.8 Å². The fourth-order valence-corrected chi connectivity index (χ4v) is 2.94. The van der Waals surface area contributed by atoms with E-state index < -0.39 is 0 Å². The van der Waals surface area contributed by atoms with E-state index in [0.29, 0.717) is 0 Å². The summed E-state index contributed by atoms with van der Waals surface area (Å²) in [5.74, 6) is 0.00927. The van der Waals surface area contributed by atoms with Crippen LogP contribution in [-0.2, 0) is 11.8 Å². The number of hydrogen-bond acceptors (Lipinski definition) is 4. The fraction of sp³-hybridized carbons (Fsp3) is 0.733. The number of rotatable bonds is 6. The van der Waals surface area contributed by atoms with Crippen molar-refractivity contribution >= 4 is 30.7 Å². The van der Waals surface area contributed by atoms with Crippen LogP contribution in [0.1, 0.15) is 37.8 Å². The van der Waals surface area contributed by atoms with Gasteiger partial charge in [-0.15, -0.1) is 24.8 Å². The van der Waals surface area contributed by atoms with Crippen molar-refractivity contribution in [2.45, 2.75) is 38.3 Å². The number of aryl methyl sites for hydroxylation is 1. The normalized spacial score (nSPS) is 17.5. The van der Waals surface area contributed by atoms with Crippen LogP contribution in [-0.4, -0.2) is 53.3 Å². The van der Waals surface area contributed by atoms with E-state index in [1.807, 2.05) is 13.2 Å². The number of piperidine rings is 1. The monoisotopic (exact) mass is 365 g/mol. The van der Waals surface area contributed by atoms with Gasteiger partial charge in [0.05, 0.1) is 6.20 Å². The summed E-state index contributed by atoms with van der Waals surface area (Å²) in [4.78, 5) is 14.8. The van der Waals surface area contributed by atoms with Crippen molar-refractivity contribution in [2.75, 3.05) is 26.7 Å². The molecule has 1 fully saturated rings. The van der Waals surface area contributed by atoms with Crippen molar-refractivity contribution in [3.63, 3.8) is 0 Å². The quantitative estimate of drug-likeness (QED) is 0.801. The Kier molecular flexibility index (Phi) is 10.5. The van der Waals surface area contributed by atoms with E-state index in [-0.39, 0.29) is 42.8 Å². The van der Waals surface area contributed by atoms with Crippen LogP contribution < -0.4 is 10.6 Å². The van der Waals surface area contributed by atoms with Crippen molar-refractivity contribution in [2.24, 2.45) is 7.05 Å². The number of aromatic nitrogens is 2. The first-order valence-electron chi connectivity index (χ1n) is 7.78. The summed E-state index contributed by atoms with van der Waals surface area (Å²) < 4.78 is 1.71. The standard InChI is InChI=1S/C15H27N5O.2ClH/c1-12(10-20-7-5-4-6-8-20)18-15(21)14(16-2)13-9-17-19(3)11-13;;/h9,11-12,14,16H,4-8,10H2,1-3H3,(H,18,21);2*1H. The maximum absolute atomic E-state index is 12.4. The van der Waals surface area contributed by atoms with Crippen LogP contribution in [0, 0.1) is 0 Å². The highest BCUT2D eigenvalue weighted by Gasteiger charge is 2.22. The molecule has 134 valence electrons. The molecule has 8 heteroatoms. The van der Waals surface area contributed by atoms with Crippen LogP contribution in [0.4, 0.5) is 0 Å². The van der Waals surface area contributed by atoms with Crippen LogP contribution in [0.5, 0.6) is 0 Å². The Morgan fingerprint density at radius 3 is 2.48 bits per heavy atom. The lowest BCUT2D eigenvalue weighted by Crippen LogP contribution is -2.46. The summed E-state index contributed by atoms with van der Waals surface area (Å²) in [7, 11) is 3.65. The van der Waals surface area contributed by atoms with E-state index in [1.54, 1.807) is 17.9 Å². The smallest absolute Gasteiger partial charge is 0.242 e. The van der Waals surface area contributed by atoms with Gasteiger partial charge in [-0.2, -0.15) is 5.10 Å². The minimum absolute atomic E-state index is 0. The van der Waals surface area contributed by atoms with Gasteiger partial charge in [-0.3, -0.25) is 9.48 Å². The maximum atomic E-state index is 12.4. The molecule has 1 aromatic rings. The molecule has 2 unspecified atom stereocenters. The predicted octanol–water partition coefficient (Wildman–Crippen LogP) is 1.51. The first-order chi connectivity index (χ1) is 10.1. The van der Waals surface area contributed by atoms with Gasteiger partial charge in [-0.05, 0) is 39.9 Å². The fourth-order valence-electron chi connectivity index (χ4n) is 2.94. The highest BCUT2D eigenvalue weighted by atomic mass is 35.5. The molecule has 2 heterocycles. The zero-order valence-electron chi connectivity index (χ0n) is 14.1. The molecule has 0 radical (unpaired) electrons. The van der Waals surface area contributed by atoms with Gasteiger partial charge in [0, 0.05) is 31.4 Å². The van der Waals surface area contributed by atoms with Crippen molar-refractivity contribution < 1.29 is 4.79 Å². The van der Waals surface area contributed by atoms with Gasteiger partial charge in [0.25, 0.3) is 0 Å². The molecular formula is C15H29Cl2N5O. The number of halogens is 2. The second-order valence-corrected chi connectivity index (χ2v) is 5.94. The Hall–Kier alpha value is -0.820. The Balaban J connectivity index is 0.00000242. The number of amides is 1. The van der Waals surface area contributed by atoms with E-state index in [1.165, 1.54) is 19.3 Å². The van der Waals surface area contributed by atoms with Gasteiger partial charge in [0.1, 0.15) is 6.04 Å². The molecule has 0 saturated carbocycles. The number of nitrogens with one attached hydrogen (secondary N) is 2. The third-order valence-electron chi connectivity index (χ3n) is 3.98. The molecule has 1 aromatic heterocycles. The molecular weight excluding hydrogens is 337 g/mol. The highest BCUT2D eigenvalue weighted by Crippen LogP contribution is 2.12. The van der Waals surface area contributed by atoms with E-state index in [0.717, 1.165) is 25.2 Å². The van der Waals surface area contributed by atoms with Crippen LogP contribution in [0.2, 0.25) is 0 Å². The third-order valence-corrected chi connectivity index (χ3v) is 3.98. The van der Waals surface area contributed by atoms with Crippen molar-refractivity contribution in [1.29, 1.82) is 0 Å². The van der Waals surface area contributed by atoms with Gasteiger partial charge in [-0.1, -0.05) is 6.42 Å². The molecule has 2 atom stereocenters. The molecule has 2 N–H and O–H groups in total. The minimum Gasteiger partial charge on any atom is -0.351 e. The molecule has 1 saturated heterocycles. The zero-order chi connectivity index (χ0) is 15.2. The number of nitrogens with zero attached hydrogens (tertiary/aromatic N) is 3. The lowest BCUT2D eigenvalue weighted by atomic mass is 10.1. The summed E-state index contributed by atoms with van der Waals surface area (Å²) in [5.41, 5.74) is 0.891. The van der Waals surface area contributed by atoms with Crippen molar-refractivity contribution in [1.82, 2.24) is 25.3 Å². The molecule has 0 aliphatic carbocycles. The lowest BCUT2D eigenvalue weighted by molar-refractivity contribution is -0.123. The Bertz CT molecular complexity index is 462. The summed E-state index contributed by atoms with van der Waals surface area (Å²) in [5, 5.41) is 10.3. The van der Waals surface area contributed by atoms with Crippen LogP contribution in [0.15, 0.2) is 12.4 Å². The molecule has 1 aliphatic heterocycles. The average molecular weight is 366 g/mol. The molecule has 1 aliphatic rings. The topological polar surface area (TPSA) is 62.2 Å². The number of hydrogen-bond donors (Lipinski definition) is 2. The molecule has 1 amide bonds. The Labute approximate surface area is 151 Å². The predicted molar refractivity (Wildman–Crippen MR) is 97.4 cm³/mol. The van der Waals surface area contributed by atoms with Crippen molar-refractivity contribution in [3.05, 3.63) is 18.0 Å². The summed E-state index contributed by atoms with van der Waals surface area (Å²) in [6, 6.07) is -0.189. The van der Waals surface area contributed by atoms with Gasteiger partial charge in [-0.25, -0.2) is 0 Å². The highest BCUT2D eigenvalue weighted by molar-refractivity contribution is 5.85. The molecule has 0 spiro atoms. The summed E-state index contributed by atoms with van der Waals surface area (Å²) in [6.07, 6.45) is 7.48. The van der Waals surface area contributed by atoms with E-state index in [9.17, 15) is 4.79 Å². The molecule has 0 bridgehead atoms. The van der Waals surface area contributed by atoms with E-state index in [4.69, 9.17) is 0 Å². The number of likely N-dealkylation sites (N-methyl/N-ethyl adjacent to an activating group) is 1. The van der Waals surface area contributed by atoms with E-state index in [2.05, 4.69) is 27.6 Å². The van der Waals surface area contributed by atoms with Gasteiger partial charge < -0.3 is 15.5 Å². The Morgan fingerprint density at radius 2 is 1.96 bits per heavy atom. The molecule has 23 heavy (non-hydrogen) atoms. The van der Waals surface area contributed by atoms with E-state index >= 15 is 0 Å². The number of carbonyl (C=O) groups is 1. The largest absolute Gasteiger partial charge is 0.351 e. The first-order valence-corrected chi connectivity index (χ1v) is 7.78. The molecule has 6 nitrogen and oxygen atoms in total. The maximum Gasteiger partial charge on any atom is 0.242 e. The first kappa shape index (κ1) is 22.2. The second kappa shape index (κ2) is 10.9. The average Bonchev–Trinajstić information content (AvgIpc) is 2.87. The number of carbonyl (C=O) groups excluding carboxylic acids is 1. The SMILES string of the molecule is CNC(C(=O)NC(C)CN1CCCCC1)c1cnn(C)c1.Cl.Cl. The summed E-state index contributed by atoms with van der Waals surface area (Å²) >= 11 is 0. The number of likely N-dealkylation sites (tertiary alicyclic amines) is 1.